The number of hydrogen-bond donors (Lipinski definition) is 1. The molecule has 1 amide bonds. The Morgan fingerprint density at radius 2 is 1.84 bits per heavy atom. The fourth-order valence-electron chi connectivity index (χ4n) is 3.15. The molecule has 1 heterocycles. The van der Waals surface area contributed by atoms with Gasteiger partial charge in [0.05, 0.1) is 17.0 Å². The van der Waals surface area contributed by atoms with Crippen LogP contribution in [0.4, 0.5) is 5.69 Å². The number of carbonyl (C=O) groups excluding carboxylic acids is 1. The second kappa shape index (κ2) is 6.26. The van der Waals surface area contributed by atoms with E-state index in [-0.39, 0.29) is 5.91 Å². The lowest BCUT2D eigenvalue weighted by molar-refractivity contribution is -0.112. The SMILES string of the molecule is Cn1cc([CH]C(=O)Nc2ccc3ccccc3c2)c2cccc(Cl)c21. The summed E-state index contributed by atoms with van der Waals surface area (Å²) in [6, 6.07) is 19.7. The van der Waals surface area contributed by atoms with Crippen molar-refractivity contribution in [2.75, 3.05) is 5.32 Å². The van der Waals surface area contributed by atoms with Gasteiger partial charge in [0.1, 0.15) is 0 Å². The van der Waals surface area contributed by atoms with E-state index in [0.29, 0.717) is 5.02 Å². The zero-order valence-corrected chi connectivity index (χ0v) is 14.4. The number of amides is 1. The zero-order chi connectivity index (χ0) is 17.4. The highest BCUT2D eigenvalue weighted by atomic mass is 35.5. The molecule has 4 rings (SSSR count). The molecule has 1 N–H and O–H groups in total. The molecule has 3 nitrogen and oxygen atoms in total. The molecule has 0 aliphatic heterocycles. The topological polar surface area (TPSA) is 34.0 Å². The van der Waals surface area contributed by atoms with Crippen molar-refractivity contribution in [3.05, 3.63) is 83.9 Å². The summed E-state index contributed by atoms with van der Waals surface area (Å²) >= 11 is 6.26. The summed E-state index contributed by atoms with van der Waals surface area (Å²) in [4.78, 5) is 12.4. The van der Waals surface area contributed by atoms with Crippen LogP contribution in [0.5, 0.6) is 0 Å². The number of aryl methyl sites for hydroxylation is 1. The number of carbonyl (C=O) groups is 1. The Hall–Kier alpha value is -2.78. The minimum absolute atomic E-state index is 0.164. The van der Waals surface area contributed by atoms with Gasteiger partial charge in [-0.3, -0.25) is 4.79 Å². The van der Waals surface area contributed by atoms with Gasteiger partial charge in [0.2, 0.25) is 5.91 Å². The smallest absolute Gasteiger partial charge is 0.233 e. The van der Waals surface area contributed by atoms with E-state index in [9.17, 15) is 4.79 Å². The summed E-state index contributed by atoms with van der Waals surface area (Å²) in [5, 5.41) is 6.81. The average Bonchev–Trinajstić information content (AvgIpc) is 2.91. The Kier molecular flexibility index (Phi) is 3.94. The third kappa shape index (κ3) is 2.99. The number of nitrogens with zero attached hydrogens (tertiary/aromatic N) is 1. The molecule has 0 fully saturated rings. The van der Waals surface area contributed by atoms with Crippen LogP contribution in [0.2, 0.25) is 5.02 Å². The monoisotopic (exact) mass is 347 g/mol. The van der Waals surface area contributed by atoms with E-state index >= 15 is 0 Å². The van der Waals surface area contributed by atoms with Crippen molar-refractivity contribution in [1.82, 2.24) is 4.57 Å². The lowest BCUT2D eigenvalue weighted by Crippen LogP contribution is -2.12. The van der Waals surface area contributed by atoms with Crippen molar-refractivity contribution >= 4 is 44.9 Å². The minimum Gasteiger partial charge on any atom is -0.349 e. The van der Waals surface area contributed by atoms with Crippen LogP contribution in [0.25, 0.3) is 21.7 Å². The molecule has 0 atom stereocenters. The van der Waals surface area contributed by atoms with Crippen molar-refractivity contribution in [3.63, 3.8) is 0 Å². The quantitative estimate of drug-likeness (QED) is 0.544. The molecule has 123 valence electrons. The summed E-state index contributed by atoms with van der Waals surface area (Å²) in [5.74, 6) is -0.164. The van der Waals surface area contributed by atoms with Crippen LogP contribution in [0.15, 0.2) is 66.9 Å². The molecule has 0 bridgehead atoms. The lowest BCUT2D eigenvalue weighted by Gasteiger charge is -2.06. The standard InChI is InChI=1S/C21H16ClN2O/c1-24-13-16(18-7-4-8-19(22)21(18)24)12-20(25)23-17-10-9-14-5-2-3-6-15(14)11-17/h2-13H,1H3,(H,23,25). The maximum atomic E-state index is 12.4. The lowest BCUT2D eigenvalue weighted by atomic mass is 10.1. The van der Waals surface area contributed by atoms with Crippen LogP contribution in [0.3, 0.4) is 0 Å². The number of fused-ring (bicyclic) bond motifs is 2. The molecule has 0 unspecified atom stereocenters. The van der Waals surface area contributed by atoms with Gasteiger partial charge in [-0.2, -0.15) is 0 Å². The maximum absolute atomic E-state index is 12.4. The molecule has 0 spiro atoms. The highest BCUT2D eigenvalue weighted by molar-refractivity contribution is 6.35. The number of rotatable bonds is 3. The number of nitrogens with one attached hydrogen (secondary N) is 1. The van der Waals surface area contributed by atoms with Gasteiger partial charge in [0.25, 0.3) is 0 Å². The van der Waals surface area contributed by atoms with Crippen LogP contribution in [0, 0.1) is 6.42 Å². The van der Waals surface area contributed by atoms with E-state index in [1.54, 1.807) is 6.42 Å². The summed E-state index contributed by atoms with van der Waals surface area (Å²) in [6.07, 6.45) is 3.52. The largest absolute Gasteiger partial charge is 0.349 e. The van der Waals surface area contributed by atoms with Crippen LogP contribution in [0.1, 0.15) is 5.56 Å². The second-order valence-electron chi connectivity index (χ2n) is 6.03. The molecule has 0 saturated heterocycles. The van der Waals surface area contributed by atoms with Gasteiger partial charge in [0, 0.05) is 24.3 Å². The zero-order valence-electron chi connectivity index (χ0n) is 13.7. The number of para-hydroxylation sites is 1. The summed E-state index contributed by atoms with van der Waals surface area (Å²) < 4.78 is 1.94. The summed E-state index contributed by atoms with van der Waals surface area (Å²) in [5.41, 5.74) is 2.55. The highest BCUT2D eigenvalue weighted by Gasteiger charge is 2.13. The van der Waals surface area contributed by atoms with Gasteiger partial charge < -0.3 is 9.88 Å². The first-order valence-corrected chi connectivity index (χ1v) is 8.38. The van der Waals surface area contributed by atoms with Crippen LogP contribution in [-0.2, 0) is 11.8 Å². The third-order valence-corrected chi connectivity index (χ3v) is 4.59. The molecule has 1 aromatic heterocycles. The first-order valence-electron chi connectivity index (χ1n) is 8.00. The van der Waals surface area contributed by atoms with Crippen LogP contribution >= 0.6 is 11.6 Å². The summed E-state index contributed by atoms with van der Waals surface area (Å²) in [6.45, 7) is 0. The molecular weight excluding hydrogens is 332 g/mol. The number of aromatic nitrogens is 1. The Balaban J connectivity index is 1.59. The van der Waals surface area contributed by atoms with Gasteiger partial charge in [-0.1, -0.05) is 54.1 Å². The van der Waals surface area contributed by atoms with E-state index < -0.39 is 0 Å². The predicted octanol–water partition coefficient (Wildman–Crippen LogP) is 5.18. The van der Waals surface area contributed by atoms with E-state index in [4.69, 9.17) is 11.6 Å². The molecule has 25 heavy (non-hydrogen) atoms. The third-order valence-electron chi connectivity index (χ3n) is 4.29. The highest BCUT2D eigenvalue weighted by Crippen LogP contribution is 2.28. The van der Waals surface area contributed by atoms with Gasteiger partial charge in [-0.05, 0) is 34.5 Å². The fraction of sp³-hybridized carbons (Fsp3) is 0.0476. The van der Waals surface area contributed by atoms with Crippen molar-refractivity contribution in [3.8, 4) is 0 Å². The molecule has 0 saturated carbocycles. The molecule has 0 aliphatic carbocycles. The number of anilines is 1. The molecule has 3 aromatic carbocycles. The Bertz CT molecular complexity index is 1100. The number of hydrogen-bond acceptors (Lipinski definition) is 1. The molecular formula is C21H16ClN2O. The molecule has 4 aromatic rings. The Labute approximate surface area is 150 Å². The van der Waals surface area contributed by atoms with E-state index in [0.717, 1.165) is 32.9 Å². The predicted molar refractivity (Wildman–Crippen MR) is 104 cm³/mol. The van der Waals surface area contributed by atoms with Gasteiger partial charge in [0.15, 0.2) is 0 Å². The number of halogens is 1. The molecule has 4 heteroatoms. The van der Waals surface area contributed by atoms with Crippen LogP contribution < -0.4 is 5.32 Å². The van der Waals surface area contributed by atoms with Crippen molar-refractivity contribution in [1.29, 1.82) is 0 Å². The molecule has 1 radical (unpaired) electrons. The summed E-state index contributed by atoms with van der Waals surface area (Å²) in [7, 11) is 1.92. The Morgan fingerprint density at radius 3 is 2.68 bits per heavy atom. The second-order valence-corrected chi connectivity index (χ2v) is 6.43. The minimum atomic E-state index is -0.164. The number of benzene rings is 3. The van der Waals surface area contributed by atoms with E-state index in [1.807, 2.05) is 78.5 Å². The van der Waals surface area contributed by atoms with Crippen LogP contribution in [-0.4, -0.2) is 10.5 Å². The maximum Gasteiger partial charge on any atom is 0.233 e. The Morgan fingerprint density at radius 1 is 1.04 bits per heavy atom. The van der Waals surface area contributed by atoms with Crippen molar-refractivity contribution < 1.29 is 4.79 Å². The van der Waals surface area contributed by atoms with Crippen molar-refractivity contribution in [2.45, 2.75) is 0 Å². The van der Waals surface area contributed by atoms with Gasteiger partial charge >= 0.3 is 0 Å². The van der Waals surface area contributed by atoms with E-state index in [1.165, 1.54) is 0 Å². The first-order chi connectivity index (χ1) is 12.1. The van der Waals surface area contributed by atoms with Gasteiger partial charge in [-0.25, -0.2) is 0 Å². The van der Waals surface area contributed by atoms with E-state index in [2.05, 4.69) is 5.32 Å². The first kappa shape index (κ1) is 15.7. The van der Waals surface area contributed by atoms with Crippen molar-refractivity contribution in [2.24, 2.45) is 7.05 Å². The average molecular weight is 348 g/mol. The molecule has 0 aliphatic rings. The normalized spacial score (nSPS) is 11.1. The fourth-order valence-corrected chi connectivity index (χ4v) is 3.46. The van der Waals surface area contributed by atoms with Gasteiger partial charge in [-0.15, -0.1) is 0 Å².